The summed E-state index contributed by atoms with van der Waals surface area (Å²) >= 11 is 1.64. The number of oxime groups is 1. The highest BCUT2D eigenvalue weighted by Crippen LogP contribution is 2.38. The maximum Gasteiger partial charge on any atom is 0.167 e. The van der Waals surface area contributed by atoms with E-state index in [4.69, 9.17) is 4.84 Å². The highest BCUT2D eigenvalue weighted by atomic mass is 32.1. The number of carbonyl (C=O) groups excluding carboxylic acids is 1. The van der Waals surface area contributed by atoms with Gasteiger partial charge < -0.3 is 4.84 Å². The number of para-hydroxylation sites is 1. The van der Waals surface area contributed by atoms with Crippen molar-refractivity contribution >= 4 is 38.9 Å². The van der Waals surface area contributed by atoms with Gasteiger partial charge in [-0.05, 0) is 17.7 Å². The van der Waals surface area contributed by atoms with Gasteiger partial charge in [-0.3, -0.25) is 9.20 Å². The molecule has 0 fully saturated rings. The smallest absolute Gasteiger partial charge is 0.167 e. The third kappa shape index (κ3) is 2.13. The van der Waals surface area contributed by atoms with Crippen LogP contribution in [0.4, 0.5) is 0 Å². The number of rotatable bonds is 4. The number of nitrogens with zero attached hydrogens (tertiary/aromatic N) is 2. The number of hydrogen-bond acceptors (Lipinski definition) is 4. The van der Waals surface area contributed by atoms with Crippen molar-refractivity contribution in [3.05, 3.63) is 65.9 Å². The Balaban J connectivity index is 2.17. The van der Waals surface area contributed by atoms with Gasteiger partial charge in [0.1, 0.15) is 11.9 Å². The fourth-order valence-corrected chi connectivity index (χ4v) is 4.18. The molecule has 0 unspecified atom stereocenters. The van der Waals surface area contributed by atoms with Gasteiger partial charge in [0.15, 0.2) is 6.29 Å². The second kappa shape index (κ2) is 5.94. The first-order valence-corrected chi connectivity index (χ1v) is 8.30. The number of hydrogen-bond donors (Lipinski definition) is 0. The van der Waals surface area contributed by atoms with Crippen molar-refractivity contribution in [3.63, 3.8) is 0 Å². The number of carbonyl (C=O) groups is 1. The Kier molecular flexibility index (Phi) is 3.63. The molecule has 2 heterocycles. The van der Waals surface area contributed by atoms with Crippen molar-refractivity contribution in [2.75, 3.05) is 7.11 Å². The van der Waals surface area contributed by atoms with E-state index in [1.165, 1.54) is 7.11 Å². The molecule has 0 atom stereocenters. The number of thiazole rings is 1. The van der Waals surface area contributed by atoms with E-state index in [-0.39, 0.29) is 0 Å². The lowest BCUT2D eigenvalue weighted by molar-refractivity contribution is 0.111. The monoisotopic (exact) mass is 334 g/mol. The van der Waals surface area contributed by atoms with Crippen LogP contribution in [0.1, 0.15) is 16.1 Å². The van der Waals surface area contributed by atoms with Crippen LogP contribution in [0.25, 0.3) is 26.2 Å². The maximum atomic E-state index is 12.0. The van der Waals surface area contributed by atoms with Crippen LogP contribution in [0.5, 0.6) is 0 Å². The first-order chi connectivity index (χ1) is 11.8. The summed E-state index contributed by atoms with van der Waals surface area (Å²) in [5.41, 5.74) is 4.41. The number of aromatic nitrogens is 1. The minimum absolute atomic E-state index is 0.631. The topological polar surface area (TPSA) is 43.1 Å². The summed E-state index contributed by atoms with van der Waals surface area (Å²) in [7, 11) is 1.51. The Morgan fingerprint density at radius 1 is 1.08 bits per heavy atom. The quantitative estimate of drug-likeness (QED) is 0.311. The standard InChI is InChI=1S/C19H14N2O2S/c1-23-20-11-14-18(13-7-3-2-4-8-13)16(12-22)21-15-9-5-6-10-17(15)24-19(14)21/h2-12H,1H3/b20-11+. The average molecular weight is 334 g/mol. The number of aldehydes is 1. The summed E-state index contributed by atoms with van der Waals surface area (Å²) < 4.78 is 3.13. The molecule has 5 heteroatoms. The molecule has 0 bridgehead atoms. The molecule has 0 aliphatic heterocycles. The molecule has 0 saturated heterocycles. The largest absolute Gasteiger partial charge is 0.399 e. The average Bonchev–Trinajstić information content (AvgIpc) is 3.15. The summed E-state index contributed by atoms with van der Waals surface area (Å²) in [6.07, 6.45) is 2.60. The molecule has 0 amide bonds. The molecule has 0 aliphatic rings. The van der Waals surface area contributed by atoms with Crippen LogP contribution in [0, 0.1) is 0 Å². The van der Waals surface area contributed by atoms with Crippen molar-refractivity contribution in [1.82, 2.24) is 4.40 Å². The minimum atomic E-state index is 0.631. The molecular weight excluding hydrogens is 320 g/mol. The summed E-state index contributed by atoms with van der Waals surface area (Å²) in [6.45, 7) is 0. The van der Waals surface area contributed by atoms with Crippen molar-refractivity contribution in [2.45, 2.75) is 0 Å². The Bertz CT molecular complexity index is 1060. The number of benzene rings is 2. The van der Waals surface area contributed by atoms with Gasteiger partial charge in [-0.2, -0.15) is 0 Å². The molecule has 2 aromatic heterocycles. The third-order valence-electron chi connectivity index (χ3n) is 3.97. The molecule has 118 valence electrons. The molecule has 0 saturated carbocycles. The zero-order chi connectivity index (χ0) is 16.5. The lowest BCUT2D eigenvalue weighted by atomic mass is 10.0. The van der Waals surface area contributed by atoms with E-state index >= 15 is 0 Å². The highest BCUT2D eigenvalue weighted by molar-refractivity contribution is 7.24. The van der Waals surface area contributed by atoms with Crippen LogP contribution in [0.2, 0.25) is 0 Å². The van der Waals surface area contributed by atoms with Crippen molar-refractivity contribution in [3.8, 4) is 11.1 Å². The van der Waals surface area contributed by atoms with Gasteiger partial charge in [-0.15, -0.1) is 11.3 Å². The normalized spacial score (nSPS) is 11.5. The number of fused-ring (bicyclic) bond motifs is 3. The molecule has 24 heavy (non-hydrogen) atoms. The molecular formula is C19H14N2O2S. The third-order valence-corrected chi connectivity index (χ3v) is 5.13. The summed E-state index contributed by atoms with van der Waals surface area (Å²) in [5, 5.41) is 3.95. The molecule has 4 nitrogen and oxygen atoms in total. The lowest BCUT2D eigenvalue weighted by Gasteiger charge is -2.03. The minimum Gasteiger partial charge on any atom is -0.399 e. The van der Waals surface area contributed by atoms with Gasteiger partial charge in [0.25, 0.3) is 0 Å². The summed E-state index contributed by atoms with van der Waals surface area (Å²) in [5.74, 6) is 0. The SMILES string of the molecule is CO/N=C/c1c(-c2ccccc2)c(C=O)n2c1sc1ccccc12. The van der Waals surface area contributed by atoms with E-state index in [1.54, 1.807) is 17.6 Å². The molecule has 0 aliphatic carbocycles. The Hall–Kier alpha value is -2.92. The van der Waals surface area contributed by atoms with Gasteiger partial charge in [-0.1, -0.05) is 47.6 Å². The van der Waals surface area contributed by atoms with E-state index < -0.39 is 0 Å². The Morgan fingerprint density at radius 3 is 2.58 bits per heavy atom. The first kappa shape index (κ1) is 14.7. The summed E-state index contributed by atoms with van der Waals surface area (Å²) in [6, 6.07) is 17.9. The van der Waals surface area contributed by atoms with Gasteiger partial charge in [-0.25, -0.2) is 0 Å². The van der Waals surface area contributed by atoms with Crippen LogP contribution < -0.4 is 0 Å². The predicted octanol–water partition coefficient (Wildman–Crippen LogP) is 4.61. The van der Waals surface area contributed by atoms with Gasteiger partial charge in [0, 0.05) is 11.1 Å². The Labute approximate surface area is 142 Å². The van der Waals surface area contributed by atoms with E-state index in [2.05, 4.69) is 11.2 Å². The second-order valence-electron chi connectivity index (χ2n) is 5.29. The molecule has 0 N–H and O–H groups in total. The van der Waals surface area contributed by atoms with Gasteiger partial charge in [0.2, 0.25) is 0 Å². The first-order valence-electron chi connectivity index (χ1n) is 7.48. The highest BCUT2D eigenvalue weighted by Gasteiger charge is 2.21. The van der Waals surface area contributed by atoms with E-state index in [0.29, 0.717) is 5.69 Å². The fraction of sp³-hybridized carbons (Fsp3) is 0.0526. The van der Waals surface area contributed by atoms with Crippen LogP contribution >= 0.6 is 11.3 Å². The molecule has 2 aromatic carbocycles. The second-order valence-corrected chi connectivity index (χ2v) is 6.32. The predicted molar refractivity (Wildman–Crippen MR) is 98.2 cm³/mol. The molecule has 0 spiro atoms. The van der Waals surface area contributed by atoms with E-state index in [1.807, 2.05) is 52.9 Å². The fourth-order valence-electron chi connectivity index (χ4n) is 3.00. The zero-order valence-corrected chi connectivity index (χ0v) is 13.8. The molecule has 0 radical (unpaired) electrons. The van der Waals surface area contributed by atoms with Crippen LogP contribution in [0.3, 0.4) is 0 Å². The van der Waals surface area contributed by atoms with Crippen LogP contribution in [0.15, 0.2) is 59.8 Å². The van der Waals surface area contributed by atoms with E-state index in [0.717, 1.165) is 38.0 Å². The summed E-state index contributed by atoms with van der Waals surface area (Å²) in [4.78, 5) is 17.8. The zero-order valence-electron chi connectivity index (χ0n) is 13.0. The molecule has 4 rings (SSSR count). The van der Waals surface area contributed by atoms with Gasteiger partial charge in [0.05, 0.1) is 22.1 Å². The van der Waals surface area contributed by atoms with Crippen molar-refractivity contribution < 1.29 is 9.63 Å². The van der Waals surface area contributed by atoms with Crippen LogP contribution in [-0.2, 0) is 4.84 Å². The van der Waals surface area contributed by atoms with E-state index in [9.17, 15) is 4.79 Å². The van der Waals surface area contributed by atoms with Crippen molar-refractivity contribution in [2.24, 2.45) is 5.16 Å². The van der Waals surface area contributed by atoms with Crippen molar-refractivity contribution in [1.29, 1.82) is 0 Å². The molecule has 4 aromatic rings. The van der Waals surface area contributed by atoms with Gasteiger partial charge >= 0.3 is 0 Å². The Morgan fingerprint density at radius 2 is 1.83 bits per heavy atom. The lowest BCUT2D eigenvalue weighted by Crippen LogP contribution is -1.92. The maximum absolute atomic E-state index is 12.0. The van der Waals surface area contributed by atoms with Crippen LogP contribution in [-0.4, -0.2) is 24.0 Å².